The van der Waals surface area contributed by atoms with Gasteiger partial charge in [0, 0.05) is 35.7 Å². The molecule has 0 N–H and O–H groups in total. The number of ketones is 1. The van der Waals surface area contributed by atoms with Crippen molar-refractivity contribution in [2.75, 3.05) is 37.8 Å². The molecule has 1 aromatic heterocycles. The van der Waals surface area contributed by atoms with E-state index in [2.05, 4.69) is 4.90 Å². The van der Waals surface area contributed by atoms with Crippen LogP contribution in [-0.4, -0.2) is 43.7 Å². The van der Waals surface area contributed by atoms with Gasteiger partial charge in [0.15, 0.2) is 17.3 Å². The zero-order chi connectivity index (χ0) is 20.7. The van der Waals surface area contributed by atoms with Gasteiger partial charge in [-0.3, -0.25) is 4.79 Å². The Morgan fingerprint density at radius 2 is 1.87 bits per heavy atom. The van der Waals surface area contributed by atoms with E-state index in [-0.39, 0.29) is 17.9 Å². The quantitative estimate of drug-likeness (QED) is 0.600. The van der Waals surface area contributed by atoms with Gasteiger partial charge < -0.3 is 14.4 Å². The second-order valence-electron chi connectivity index (χ2n) is 7.24. The summed E-state index contributed by atoms with van der Waals surface area (Å²) in [6.07, 6.45) is 1.71. The Morgan fingerprint density at radius 1 is 1.07 bits per heavy atom. The minimum Gasteiger partial charge on any atom is -0.485 e. The molecule has 2 aliphatic heterocycles. The summed E-state index contributed by atoms with van der Waals surface area (Å²) in [6.45, 7) is 2.47. The van der Waals surface area contributed by atoms with Crippen LogP contribution in [0.1, 0.15) is 15.9 Å². The lowest BCUT2D eigenvalue weighted by molar-refractivity contribution is 0.0997. The third-order valence-electron chi connectivity index (χ3n) is 5.29. The minimum atomic E-state index is -0.876. The van der Waals surface area contributed by atoms with Gasteiger partial charge in [0.05, 0.1) is 24.3 Å². The third kappa shape index (κ3) is 3.31. The van der Waals surface area contributed by atoms with Crippen LogP contribution >= 0.6 is 0 Å². The first kappa shape index (κ1) is 18.7. The fraction of sp³-hybridized carbons (Fsp3) is 0.217. The lowest BCUT2D eigenvalue weighted by Crippen LogP contribution is -2.37. The SMILES string of the molecule is O=C1C(=Cc2cc3ccccc3nc2N2CCOCC2)COc2c(F)cc(F)cc21. The smallest absolute Gasteiger partial charge is 0.196 e. The molecule has 3 aromatic rings. The van der Waals surface area contributed by atoms with E-state index >= 15 is 0 Å². The third-order valence-corrected chi connectivity index (χ3v) is 5.29. The number of carbonyl (C=O) groups excluding carboxylic acids is 1. The summed E-state index contributed by atoms with van der Waals surface area (Å²) in [7, 11) is 0. The molecule has 0 amide bonds. The summed E-state index contributed by atoms with van der Waals surface area (Å²) < 4.78 is 38.5. The molecule has 2 aliphatic rings. The summed E-state index contributed by atoms with van der Waals surface area (Å²) >= 11 is 0. The van der Waals surface area contributed by atoms with Gasteiger partial charge in [0.2, 0.25) is 0 Å². The maximum absolute atomic E-state index is 14.0. The molecule has 0 unspecified atom stereocenters. The molecular weight excluding hydrogens is 390 g/mol. The Kier molecular flexibility index (Phi) is 4.67. The summed E-state index contributed by atoms with van der Waals surface area (Å²) in [5.41, 5.74) is 1.82. The van der Waals surface area contributed by atoms with Gasteiger partial charge in [0.25, 0.3) is 0 Å². The van der Waals surface area contributed by atoms with Gasteiger partial charge in [-0.15, -0.1) is 0 Å². The van der Waals surface area contributed by atoms with Crippen LogP contribution in [0.2, 0.25) is 0 Å². The number of para-hydroxylation sites is 1. The molecule has 0 spiro atoms. The normalized spacial score (nSPS) is 17.9. The molecular formula is C23H18F2N2O3. The van der Waals surface area contributed by atoms with Crippen molar-refractivity contribution in [2.24, 2.45) is 0 Å². The Balaban J connectivity index is 1.61. The first-order valence-electron chi connectivity index (χ1n) is 9.70. The molecule has 3 heterocycles. The highest BCUT2D eigenvalue weighted by molar-refractivity contribution is 6.14. The van der Waals surface area contributed by atoms with Crippen LogP contribution in [0, 0.1) is 11.6 Å². The van der Waals surface area contributed by atoms with Crippen molar-refractivity contribution < 1.29 is 23.0 Å². The van der Waals surface area contributed by atoms with Crippen LogP contribution < -0.4 is 9.64 Å². The number of hydrogen-bond donors (Lipinski definition) is 0. The molecule has 1 saturated heterocycles. The van der Waals surface area contributed by atoms with Crippen molar-refractivity contribution in [2.45, 2.75) is 0 Å². The second kappa shape index (κ2) is 7.50. The first-order chi connectivity index (χ1) is 14.6. The maximum atomic E-state index is 14.0. The average Bonchev–Trinajstić information content (AvgIpc) is 2.76. The number of carbonyl (C=O) groups is 1. The molecule has 30 heavy (non-hydrogen) atoms. The van der Waals surface area contributed by atoms with Gasteiger partial charge >= 0.3 is 0 Å². The predicted octanol–water partition coefficient (Wildman–Crippen LogP) is 4.01. The molecule has 0 atom stereocenters. The molecule has 0 bridgehead atoms. The summed E-state index contributed by atoms with van der Waals surface area (Å²) in [5.74, 6) is -1.60. The van der Waals surface area contributed by atoms with E-state index in [1.807, 2.05) is 30.3 Å². The molecule has 2 aromatic carbocycles. The van der Waals surface area contributed by atoms with Crippen molar-refractivity contribution in [1.29, 1.82) is 0 Å². The van der Waals surface area contributed by atoms with E-state index in [0.29, 0.717) is 37.9 Å². The van der Waals surface area contributed by atoms with Crippen molar-refractivity contribution in [3.05, 3.63) is 70.8 Å². The molecule has 1 fully saturated rings. The van der Waals surface area contributed by atoms with E-state index in [0.717, 1.165) is 28.4 Å². The number of fused-ring (bicyclic) bond motifs is 2. The van der Waals surface area contributed by atoms with Gasteiger partial charge in [-0.1, -0.05) is 18.2 Å². The van der Waals surface area contributed by atoms with Gasteiger partial charge in [0.1, 0.15) is 18.2 Å². The number of benzene rings is 2. The van der Waals surface area contributed by atoms with Crippen LogP contribution in [0.15, 0.2) is 48.0 Å². The number of morpholine rings is 1. The Labute approximate surface area is 171 Å². The Bertz CT molecular complexity index is 1190. The number of aromatic nitrogens is 1. The largest absolute Gasteiger partial charge is 0.485 e. The zero-order valence-corrected chi connectivity index (χ0v) is 16.0. The standard InChI is InChI=1S/C23H18F2N2O3/c24-17-11-18-21(28)16(13-30-22(18)19(25)12-17)10-15-9-14-3-1-2-4-20(14)26-23(15)27-5-7-29-8-6-27/h1-4,9-12H,5-8,13H2. The molecule has 152 valence electrons. The van der Waals surface area contributed by atoms with Crippen LogP contribution in [0.3, 0.4) is 0 Å². The van der Waals surface area contributed by atoms with Gasteiger partial charge in [-0.05, 0) is 24.3 Å². The van der Waals surface area contributed by atoms with Crippen LogP contribution in [0.5, 0.6) is 5.75 Å². The molecule has 0 saturated carbocycles. The van der Waals surface area contributed by atoms with Crippen molar-refractivity contribution in [3.8, 4) is 5.75 Å². The van der Waals surface area contributed by atoms with Crippen molar-refractivity contribution >= 4 is 28.6 Å². The monoisotopic (exact) mass is 408 g/mol. The summed E-state index contributed by atoms with van der Waals surface area (Å²) in [5, 5.41) is 0.933. The summed E-state index contributed by atoms with van der Waals surface area (Å²) in [6, 6.07) is 11.4. The predicted molar refractivity (Wildman–Crippen MR) is 109 cm³/mol. The fourth-order valence-corrected chi connectivity index (χ4v) is 3.82. The lowest BCUT2D eigenvalue weighted by atomic mass is 9.97. The topological polar surface area (TPSA) is 51.7 Å². The van der Waals surface area contributed by atoms with E-state index in [1.165, 1.54) is 0 Å². The highest BCUT2D eigenvalue weighted by Crippen LogP contribution is 2.33. The number of rotatable bonds is 2. The van der Waals surface area contributed by atoms with Crippen LogP contribution in [-0.2, 0) is 4.74 Å². The molecule has 0 aliphatic carbocycles. The number of nitrogens with zero attached hydrogens (tertiary/aromatic N) is 2. The second-order valence-corrected chi connectivity index (χ2v) is 7.24. The Morgan fingerprint density at radius 3 is 2.70 bits per heavy atom. The van der Waals surface area contributed by atoms with Crippen LogP contribution in [0.25, 0.3) is 17.0 Å². The van der Waals surface area contributed by atoms with E-state index in [4.69, 9.17) is 14.5 Å². The van der Waals surface area contributed by atoms with E-state index in [9.17, 15) is 13.6 Å². The fourth-order valence-electron chi connectivity index (χ4n) is 3.82. The average molecular weight is 408 g/mol. The number of pyridine rings is 1. The lowest BCUT2D eigenvalue weighted by Gasteiger charge is -2.29. The number of Topliss-reactive ketones (excluding diaryl/α,β-unsaturated/α-hetero) is 1. The first-order valence-corrected chi connectivity index (χ1v) is 9.70. The maximum Gasteiger partial charge on any atom is 0.196 e. The minimum absolute atomic E-state index is 0.0935. The molecule has 5 rings (SSSR count). The van der Waals surface area contributed by atoms with Crippen molar-refractivity contribution in [1.82, 2.24) is 4.98 Å². The number of hydrogen-bond acceptors (Lipinski definition) is 5. The molecule has 0 radical (unpaired) electrons. The number of anilines is 1. The van der Waals surface area contributed by atoms with E-state index in [1.54, 1.807) is 6.08 Å². The molecule has 7 heteroatoms. The highest BCUT2D eigenvalue weighted by atomic mass is 19.1. The Hall–Kier alpha value is -3.32. The highest BCUT2D eigenvalue weighted by Gasteiger charge is 2.28. The summed E-state index contributed by atoms with van der Waals surface area (Å²) in [4.78, 5) is 19.9. The number of ether oxygens (including phenoxy) is 2. The zero-order valence-electron chi connectivity index (χ0n) is 16.0. The van der Waals surface area contributed by atoms with Gasteiger partial charge in [-0.2, -0.15) is 0 Å². The van der Waals surface area contributed by atoms with Crippen LogP contribution in [0.4, 0.5) is 14.6 Å². The van der Waals surface area contributed by atoms with E-state index < -0.39 is 17.4 Å². The van der Waals surface area contributed by atoms with Crippen molar-refractivity contribution in [3.63, 3.8) is 0 Å². The molecule has 5 nitrogen and oxygen atoms in total. The van der Waals surface area contributed by atoms with Gasteiger partial charge in [-0.25, -0.2) is 13.8 Å². The number of halogens is 2.